The van der Waals surface area contributed by atoms with E-state index in [2.05, 4.69) is 15.4 Å². The highest BCUT2D eigenvalue weighted by atomic mass is 35.5. The quantitative estimate of drug-likeness (QED) is 0.675. The highest BCUT2D eigenvalue weighted by Crippen LogP contribution is 2.25. The Morgan fingerprint density at radius 1 is 1.27 bits per heavy atom. The van der Waals surface area contributed by atoms with Gasteiger partial charge in [0, 0.05) is 17.6 Å². The fourth-order valence-corrected chi connectivity index (χ4v) is 2.73. The van der Waals surface area contributed by atoms with Crippen LogP contribution in [0.25, 0.3) is 0 Å². The number of anilines is 1. The lowest BCUT2D eigenvalue weighted by Gasteiger charge is -2.10. The lowest BCUT2D eigenvalue weighted by Crippen LogP contribution is -2.16. The summed E-state index contributed by atoms with van der Waals surface area (Å²) >= 11 is 12.2. The number of benzene rings is 1. The third-order valence-electron chi connectivity index (χ3n) is 3.59. The second-order valence-corrected chi connectivity index (χ2v) is 6.25. The molecule has 0 unspecified atom stereocenters. The summed E-state index contributed by atoms with van der Waals surface area (Å²) in [5, 5.41) is 7.79. The molecular weight excluding hydrogens is 375 g/mol. The zero-order valence-electron chi connectivity index (χ0n) is 13.9. The second kappa shape index (κ2) is 8.21. The molecule has 0 bridgehead atoms. The zero-order valence-corrected chi connectivity index (χ0v) is 15.5. The van der Waals surface area contributed by atoms with Gasteiger partial charge >= 0.3 is 0 Å². The van der Waals surface area contributed by atoms with E-state index < -0.39 is 0 Å². The molecule has 0 fully saturated rings. The molecule has 26 heavy (non-hydrogen) atoms. The van der Waals surface area contributed by atoms with Crippen LogP contribution in [0.4, 0.5) is 5.82 Å². The van der Waals surface area contributed by atoms with Gasteiger partial charge in [-0.25, -0.2) is 9.67 Å². The van der Waals surface area contributed by atoms with Gasteiger partial charge in [-0.15, -0.1) is 0 Å². The van der Waals surface area contributed by atoms with Gasteiger partial charge in [0.25, 0.3) is 5.91 Å². The van der Waals surface area contributed by atoms with E-state index in [0.29, 0.717) is 34.8 Å². The molecule has 6 nitrogen and oxygen atoms in total. The number of nitrogens with zero attached hydrogens (tertiary/aromatic N) is 3. The molecular formula is C18H16Cl2N4O2. The molecule has 2 heterocycles. The van der Waals surface area contributed by atoms with Gasteiger partial charge in [0.1, 0.15) is 18.1 Å². The minimum Gasteiger partial charge on any atom is -0.486 e. The fraction of sp³-hybridized carbons (Fsp3) is 0.167. The van der Waals surface area contributed by atoms with Crippen molar-refractivity contribution in [1.29, 1.82) is 0 Å². The summed E-state index contributed by atoms with van der Waals surface area (Å²) < 4.78 is 7.32. The molecule has 0 saturated heterocycles. The molecule has 0 aliphatic rings. The highest BCUT2D eigenvalue weighted by Gasteiger charge is 2.13. The van der Waals surface area contributed by atoms with Gasteiger partial charge < -0.3 is 10.1 Å². The van der Waals surface area contributed by atoms with Crippen LogP contribution in [-0.2, 0) is 13.2 Å². The maximum atomic E-state index is 12.3. The monoisotopic (exact) mass is 390 g/mol. The average molecular weight is 391 g/mol. The summed E-state index contributed by atoms with van der Waals surface area (Å²) in [7, 11) is 0. The molecule has 1 aromatic carbocycles. The maximum Gasteiger partial charge on any atom is 0.275 e. The number of carbonyl (C=O) groups excluding carboxylic acids is 1. The number of hydrogen-bond donors (Lipinski definition) is 1. The lowest BCUT2D eigenvalue weighted by atomic mass is 10.2. The molecule has 0 saturated carbocycles. The van der Waals surface area contributed by atoms with Crippen molar-refractivity contribution in [2.24, 2.45) is 0 Å². The van der Waals surface area contributed by atoms with Crippen LogP contribution in [0.2, 0.25) is 10.0 Å². The number of carbonyl (C=O) groups is 1. The van der Waals surface area contributed by atoms with E-state index in [4.69, 9.17) is 27.9 Å². The predicted molar refractivity (Wildman–Crippen MR) is 101 cm³/mol. The molecule has 2 aromatic heterocycles. The first-order valence-electron chi connectivity index (χ1n) is 7.92. The number of ether oxygens (including phenoxy) is 1. The van der Waals surface area contributed by atoms with Crippen molar-refractivity contribution in [2.45, 2.75) is 20.1 Å². The standard InChI is InChI=1S/C18H16Cl2N4O2/c1-2-24-17(6-7-22-24)23-18(25)15-9-14(20)16(10-21-15)26-11-12-4-3-5-13(19)8-12/h3-10H,2,11H2,1H3,(H,23,25). The largest absolute Gasteiger partial charge is 0.486 e. The Morgan fingerprint density at radius 3 is 2.85 bits per heavy atom. The summed E-state index contributed by atoms with van der Waals surface area (Å²) in [6.45, 7) is 2.88. The first-order valence-corrected chi connectivity index (χ1v) is 8.68. The molecule has 0 spiro atoms. The van der Waals surface area contributed by atoms with Crippen molar-refractivity contribution >= 4 is 34.9 Å². The van der Waals surface area contributed by atoms with Crippen molar-refractivity contribution in [1.82, 2.24) is 14.8 Å². The van der Waals surface area contributed by atoms with Crippen molar-refractivity contribution < 1.29 is 9.53 Å². The van der Waals surface area contributed by atoms with E-state index >= 15 is 0 Å². The Balaban J connectivity index is 1.67. The normalized spacial score (nSPS) is 10.6. The molecule has 0 aliphatic heterocycles. The van der Waals surface area contributed by atoms with Crippen LogP contribution in [-0.4, -0.2) is 20.7 Å². The van der Waals surface area contributed by atoms with Crippen LogP contribution in [0.1, 0.15) is 23.0 Å². The first kappa shape index (κ1) is 18.2. The Bertz CT molecular complexity index is 927. The summed E-state index contributed by atoms with van der Waals surface area (Å²) in [5.74, 6) is 0.613. The zero-order chi connectivity index (χ0) is 18.5. The van der Waals surface area contributed by atoms with Crippen molar-refractivity contribution in [3.8, 4) is 5.75 Å². The fourth-order valence-electron chi connectivity index (χ4n) is 2.31. The van der Waals surface area contributed by atoms with Gasteiger partial charge in [-0.2, -0.15) is 5.10 Å². The highest BCUT2D eigenvalue weighted by molar-refractivity contribution is 6.32. The van der Waals surface area contributed by atoms with Gasteiger partial charge in [0.05, 0.1) is 17.4 Å². The molecule has 0 atom stereocenters. The lowest BCUT2D eigenvalue weighted by molar-refractivity contribution is 0.102. The Morgan fingerprint density at radius 2 is 2.12 bits per heavy atom. The predicted octanol–water partition coefficient (Wildman–Crippen LogP) is 4.44. The average Bonchev–Trinajstić information content (AvgIpc) is 3.07. The van der Waals surface area contributed by atoms with Crippen LogP contribution >= 0.6 is 23.2 Å². The SMILES string of the molecule is CCn1nccc1NC(=O)c1cc(Cl)c(OCc2cccc(Cl)c2)cn1. The van der Waals surface area contributed by atoms with E-state index in [1.54, 1.807) is 23.0 Å². The van der Waals surface area contributed by atoms with Crippen LogP contribution in [0.5, 0.6) is 5.75 Å². The van der Waals surface area contributed by atoms with Gasteiger partial charge in [0.15, 0.2) is 5.75 Å². The molecule has 0 aliphatic carbocycles. The Kier molecular flexibility index (Phi) is 5.75. The first-order chi connectivity index (χ1) is 12.6. The van der Waals surface area contributed by atoms with Gasteiger partial charge in [-0.05, 0) is 30.7 Å². The molecule has 3 rings (SSSR count). The van der Waals surface area contributed by atoms with E-state index in [0.717, 1.165) is 5.56 Å². The Labute approximate surface area is 160 Å². The minimum absolute atomic E-state index is 0.189. The van der Waals surface area contributed by atoms with E-state index in [9.17, 15) is 4.79 Å². The minimum atomic E-state index is -0.372. The van der Waals surface area contributed by atoms with E-state index in [1.165, 1.54) is 12.3 Å². The third kappa shape index (κ3) is 4.33. The summed E-state index contributed by atoms with van der Waals surface area (Å²) in [5.41, 5.74) is 1.09. The van der Waals surface area contributed by atoms with Crippen molar-refractivity contribution in [2.75, 3.05) is 5.32 Å². The molecule has 1 N–H and O–H groups in total. The topological polar surface area (TPSA) is 69.0 Å². The summed E-state index contributed by atoms with van der Waals surface area (Å²) in [4.78, 5) is 16.5. The summed E-state index contributed by atoms with van der Waals surface area (Å²) in [6, 6.07) is 10.5. The molecule has 134 valence electrons. The van der Waals surface area contributed by atoms with Crippen LogP contribution in [0, 0.1) is 0 Å². The number of halogens is 2. The second-order valence-electron chi connectivity index (χ2n) is 5.40. The smallest absolute Gasteiger partial charge is 0.275 e. The number of amides is 1. The third-order valence-corrected chi connectivity index (χ3v) is 4.12. The van der Waals surface area contributed by atoms with E-state index in [-0.39, 0.29) is 11.6 Å². The number of rotatable bonds is 6. The van der Waals surface area contributed by atoms with Gasteiger partial charge in [0.2, 0.25) is 0 Å². The van der Waals surface area contributed by atoms with E-state index in [1.807, 2.05) is 25.1 Å². The Hall–Kier alpha value is -2.57. The number of pyridine rings is 1. The summed E-state index contributed by atoms with van der Waals surface area (Å²) in [6.07, 6.45) is 3.05. The van der Waals surface area contributed by atoms with Gasteiger partial charge in [-0.1, -0.05) is 35.3 Å². The number of hydrogen-bond acceptors (Lipinski definition) is 4. The maximum absolute atomic E-state index is 12.3. The van der Waals surface area contributed by atoms with Gasteiger partial charge in [-0.3, -0.25) is 4.79 Å². The van der Waals surface area contributed by atoms with Crippen LogP contribution in [0.15, 0.2) is 48.8 Å². The number of nitrogens with one attached hydrogen (secondary N) is 1. The number of aryl methyl sites for hydroxylation is 1. The van der Waals surface area contributed by atoms with Crippen LogP contribution < -0.4 is 10.1 Å². The van der Waals surface area contributed by atoms with Crippen LogP contribution in [0.3, 0.4) is 0 Å². The molecule has 1 amide bonds. The molecule has 3 aromatic rings. The van der Waals surface area contributed by atoms with Crippen molar-refractivity contribution in [3.05, 3.63) is 70.1 Å². The molecule has 8 heteroatoms. The molecule has 0 radical (unpaired) electrons. The number of aromatic nitrogens is 3. The van der Waals surface area contributed by atoms with Crippen molar-refractivity contribution in [3.63, 3.8) is 0 Å².